The zero-order valence-corrected chi connectivity index (χ0v) is 9.09. The van der Waals surface area contributed by atoms with Crippen molar-refractivity contribution in [3.8, 4) is 0 Å². The van der Waals surface area contributed by atoms with E-state index in [0.717, 1.165) is 6.42 Å². The first kappa shape index (κ1) is 11.5. The summed E-state index contributed by atoms with van der Waals surface area (Å²) in [7, 11) is 0. The van der Waals surface area contributed by atoms with E-state index in [0.29, 0.717) is 6.42 Å². The summed E-state index contributed by atoms with van der Waals surface area (Å²) in [6, 6.07) is -0.135. The minimum absolute atomic E-state index is 0.135. The normalized spacial score (nSPS) is 14.4. The standard InChI is InChI=1S/C7H10BrF2N3O/c1-2-4(11)3-5-12-6(14-13-5)7(8,9)10/h4H,2-3,11H2,1H3. The van der Waals surface area contributed by atoms with Crippen molar-refractivity contribution >= 4 is 15.9 Å². The molecule has 1 aromatic rings. The summed E-state index contributed by atoms with van der Waals surface area (Å²) in [4.78, 5) is 0.246. The minimum atomic E-state index is -3.27. The predicted molar refractivity (Wildman–Crippen MR) is 49.1 cm³/mol. The van der Waals surface area contributed by atoms with E-state index in [-0.39, 0.29) is 11.9 Å². The average Bonchev–Trinajstić information content (AvgIpc) is 2.51. The lowest BCUT2D eigenvalue weighted by atomic mass is 10.2. The van der Waals surface area contributed by atoms with Gasteiger partial charge in [-0.1, -0.05) is 12.1 Å². The van der Waals surface area contributed by atoms with Crippen LogP contribution in [0.5, 0.6) is 0 Å². The lowest BCUT2D eigenvalue weighted by Crippen LogP contribution is -2.22. The van der Waals surface area contributed by atoms with Crippen LogP contribution in [0.1, 0.15) is 25.1 Å². The van der Waals surface area contributed by atoms with Crippen LogP contribution in [0.25, 0.3) is 0 Å². The molecule has 0 aliphatic rings. The molecule has 0 radical (unpaired) electrons. The molecular weight excluding hydrogens is 260 g/mol. The molecule has 2 N–H and O–H groups in total. The third-order valence-corrected chi connectivity index (χ3v) is 2.02. The number of halogens is 3. The summed E-state index contributed by atoms with van der Waals surface area (Å²) in [5, 5.41) is 3.39. The first-order valence-electron chi connectivity index (χ1n) is 4.08. The van der Waals surface area contributed by atoms with Gasteiger partial charge in [0.05, 0.1) is 0 Å². The Morgan fingerprint density at radius 1 is 1.64 bits per heavy atom. The lowest BCUT2D eigenvalue weighted by Gasteiger charge is -2.03. The van der Waals surface area contributed by atoms with Gasteiger partial charge in [0.2, 0.25) is 0 Å². The Morgan fingerprint density at radius 2 is 2.29 bits per heavy atom. The highest BCUT2D eigenvalue weighted by molar-refractivity contribution is 9.09. The number of alkyl halides is 3. The van der Waals surface area contributed by atoms with Gasteiger partial charge in [-0.2, -0.15) is 13.8 Å². The largest absolute Gasteiger partial charge is 0.378 e. The molecule has 0 amide bonds. The lowest BCUT2D eigenvalue weighted by molar-refractivity contribution is 0.0725. The molecule has 0 aliphatic heterocycles. The Kier molecular flexibility index (Phi) is 3.54. The summed E-state index contributed by atoms with van der Waals surface area (Å²) in [6.45, 7) is 1.89. The Hall–Kier alpha value is -0.560. The van der Waals surface area contributed by atoms with Gasteiger partial charge >= 0.3 is 10.7 Å². The fourth-order valence-corrected chi connectivity index (χ4v) is 0.992. The molecular formula is C7H10BrF2N3O. The SMILES string of the molecule is CCC(N)Cc1noc(C(F)(F)Br)n1. The van der Waals surface area contributed by atoms with Gasteiger partial charge < -0.3 is 10.3 Å². The Bertz CT molecular complexity index is 299. The maximum absolute atomic E-state index is 12.6. The quantitative estimate of drug-likeness (QED) is 0.847. The van der Waals surface area contributed by atoms with E-state index in [1.807, 2.05) is 6.92 Å². The first-order valence-corrected chi connectivity index (χ1v) is 4.88. The summed E-state index contributed by atoms with van der Waals surface area (Å²) in [6.07, 6.45) is 1.07. The van der Waals surface area contributed by atoms with Crippen molar-refractivity contribution in [2.45, 2.75) is 30.6 Å². The van der Waals surface area contributed by atoms with Crippen LogP contribution in [0.15, 0.2) is 4.52 Å². The van der Waals surface area contributed by atoms with Crippen LogP contribution >= 0.6 is 15.9 Å². The molecule has 0 fully saturated rings. The maximum atomic E-state index is 12.6. The molecule has 4 nitrogen and oxygen atoms in total. The second kappa shape index (κ2) is 4.31. The highest BCUT2D eigenvalue weighted by Gasteiger charge is 2.34. The minimum Gasteiger partial charge on any atom is -0.332 e. The maximum Gasteiger partial charge on any atom is 0.378 e. The molecule has 80 valence electrons. The smallest absolute Gasteiger partial charge is 0.332 e. The van der Waals surface area contributed by atoms with Crippen molar-refractivity contribution in [2.75, 3.05) is 0 Å². The Morgan fingerprint density at radius 3 is 2.71 bits per heavy atom. The van der Waals surface area contributed by atoms with Gasteiger partial charge in [-0.05, 0) is 6.42 Å². The molecule has 0 aliphatic carbocycles. The van der Waals surface area contributed by atoms with Gasteiger partial charge in [-0.15, -0.1) is 0 Å². The molecule has 1 aromatic heterocycles. The van der Waals surface area contributed by atoms with Gasteiger partial charge in [0, 0.05) is 28.4 Å². The number of nitrogens with two attached hydrogens (primary N) is 1. The summed E-state index contributed by atoms with van der Waals surface area (Å²) in [5.74, 6) is -0.538. The second-order valence-corrected chi connectivity index (χ2v) is 3.88. The Balaban J connectivity index is 2.69. The highest BCUT2D eigenvalue weighted by Crippen LogP contribution is 2.32. The number of hydrogen-bond donors (Lipinski definition) is 1. The van der Waals surface area contributed by atoms with Gasteiger partial charge in [-0.25, -0.2) is 0 Å². The van der Waals surface area contributed by atoms with Gasteiger partial charge in [0.15, 0.2) is 5.82 Å². The van der Waals surface area contributed by atoms with E-state index in [9.17, 15) is 8.78 Å². The molecule has 0 saturated heterocycles. The monoisotopic (exact) mass is 269 g/mol. The van der Waals surface area contributed by atoms with Crippen molar-refractivity contribution in [2.24, 2.45) is 5.73 Å². The van der Waals surface area contributed by atoms with Crippen molar-refractivity contribution in [1.29, 1.82) is 0 Å². The van der Waals surface area contributed by atoms with Gasteiger partial charge in [0.1, 0.15) is 0 Å². The molecule has 0 spiro atoms. The van der Waals surface area contributed by atoms with Crippen LogP contribution in [0.4, 0.5) is 8.78 Å². The van der Waals surface area contributed by atoms with Gasteiger partial charge in [0.25, 0.3) is 0 Å². The molecule has 1 heterocycles. The van der Waals surface area contributed by atoms with Crippen LogP contribution in [-0.2, 0) is 11.3 Å². The van der Waals surface area contributed by atoms with Gasteiger partial charge in [-0.3, -0.25) is 0 Å². The molecule has 1 atom stereocenters. The fourth-order valence-electron chi connectivity index (χ4n) is 0.831. The van der Waals surface area contributed by atoms with E-state index in [1.165, 1.54) is 0 Å². The van der Waals surface area contributed by atoms with Crippen LogP contribution in [0.2, 0.25) is 0 Å². The van der Waals surface area contributed by atoms with E-state index in [1.54, 1.807) is 0 Å². The zero-order chi connectivity index (χ0) is 10.8. The molecule has 1 rings (SSSR count). The van der Waals surface area contributed by atoms with E-state index in [4.69, 9.17) is 5.73 Å². The molecule has 7 heteroatoms. The van der Waals surface area contributed by atoms with E-state index < -0.39 is 10.7 Å². The molecule has 14 heavy (non-hydrogen) atoms. The number of rotatable bonds is 4. The fraction of sp³-hybridized carbons (Fsp3) is 0.714. The summed E-state index contributed by atoms with van der Waals surface area (Å²) in [5.41, 5.74) is 5.60. The topological polar surface area (TPSA) is 64.9 Å². The van der Waals surface area contributed by atoms with Crippen LogP contribution in [-0.4, -0.2) is 16.2 Å². The zero-order valence-electron chi connectivity index (χ0n) is 7.51. The molecule has 0 aromatic carbocycles. The average molecular weight is 270 g/mol. The summed E-state index contributed by atoms with van der Waals surface area (Å²) >= 11 is 2.12. The Labute approximate surface area is 88.0 Å². The van der Waals surface area contributed by atoms with Crippen molar-refractivity contribution in [3.63, 3.8) is 0 Å². The van der Waals surface area contributed by atoms with Crippen LogP contribution in [0, 0.1) is 0 Å². The highest BCUT2D eigenvalue weighted by atomic mass is 79.9. The molecule has 0 saturated carbocycles. The second-order valence-electron chi connectivity index (χ2n) is 2.89. The summed E-state index contributed by atoms with van der Waals surface area (Å²) < 4.78 is 29.5. The van der Waals surface area contributed by atoms with E-state index >= 15 is 0 Å². The van der Waals surface area contributed by atoms with Crippen molar-refractivity contribution < 1.29 is 13.3 Å². The van der Waals surface area contributed by atoms with E-state index in [2.05, 4.69) is 30.6 Å². The first-order chi connectivity index (χ1) is 6.43. The number of aromatic nitrogens is 2. The molecule has 0 bridgehead atoms. The van der Waals surface area contributed by atoms with Crippen molar-refractivity contribution in [1.82, 2.24) is 10.1 Å². The van der Waals surface area contributed by atoms with Crippen LogP contribution < -0.4 is 5.73 Å². The van der Waals surface area contributed by atoms with Crippen LogP contribution in [0.3, 0.4) is 0 Å². The third kappa shape index (κ3) is 2.98. The molecule has 1 unspecified atom stereocenters. The van der Waals surface area contributed by atoms with Crippen molar-refractivity contribution in [3.05, 3.63) is 11.7 Å². The number of nitrogens with zero attached hydrogens (tertiary/aromatic N) is 2. The predicted octanol–water partition coefficient (Wildman–Crippen LogP) is 1.79. The third-order valence-electron chi connectivity index (χ3n) is 1.68. The number of hydrogen-bond acceptors (Lipinski definition) is 4.